The van der Waals surface area contributed by atoms with Gasteiger partial charge in [0.15, 0.2) is 0 Å². The molecule has 1 N–H and O–H groups in total. The van der Waals surface area contributed by atoms with Crippen molar-refractivity contribution in [2.45, 2.75) is 136 Å². The molecule has 10 rings (SSSR count). The molecule has 0 heterocycles. The van der Waals surface area contributed by atoms with E-state index in [-0.39, 0.29) is 51.1 Å². The number of carbonyl (C=O) groups is 2. The second kappa shape index (κ2) is 18.5. The Hall–Kier alpha value is -6.28. The molecule has 2 fully saturated rings. The maximum Gasteiger partial charge on any atom is 0.309 e. The van der Waals surface area contributed by atoms with Crippen LogP contribution in [0.15, 0.2) is 109 Å². The summed E-state index contributed by atoms with van der Waals surface area (Å²) in [6.45, 7) is 19.8. The number of ether oxygens (including phenoxy) is 3. The lowest BCUT2D eigenvalue weighted by molar-refractivity contribution is -0.145. The van der Waals surface area contributed by atoms with Gasteiger partial charge in [-0.1, -0.05) is 101 Å². The van der Waals surface area contributed by atoms with Gasteiger partial charge in [-0.25, -0.2) is 8.78 Å². The van der Waals surface area contributed by atoms with Gasteiger partial charge in [-0.15, -0.1) is 0 Å². The fourth-order valence-corrected chi connectivity index (χ4v) is 11.4. The summed E-state index contributed by atoms with van der Waals surface area (Å²) in [6.07, 6.45) is 5.40. The second-order valence-electron chi connectivity index (χ2n) is 22.4. The minimum atomic E-state index is -0.700. The lowest BCUT2D eigenvalue weighted by atomic mass is 9.81. The van der Waals surface area contributed by atoms with E-state index in [0.717, 1.165) is 100 Å². The zero-order chi connectivity index (χ0) is 49.9. The van der Waals surface area contributed by atoms with Crippen LogP contribution in [0.1, 0.15) is 130 Å². The van der Waals surface area contributed by atoms with Crippen molar-refractivity contribution in [3.05, 3.63) is 176 Å². The molecule has 0 amide bonds. The van der Waals surface area contributed by atoms with Crippen molar-refractivity contribution in [2.75, 3.05) is 6.61 Å². The summed E-state index contributed by atoms with van der Waals surface area (Å²) in [7, 11) is 0. The molecule has 364 valence electrons. The van der Waals surface area contributed by atoms with Crippen LogP contribution < -0.4 is 9.47 Å². The number of halogens is 2. The van der Waals surface area contributed by atoms with Gasteiger partial charge in [-0.2, -0.15) is 0 Å². The first kappa shape index (κ1) is 48.7. The largest absolute Gasteiger partial charge is 0.489 e. The van der Waals surface area contributed by atoms with E-state index in [1.54, 1.807) is 18.2 Å². The van der Waals surface area contributed by atoms with Gasteiger partial charge < -0.3 is 19.3 Å². The number of benzene rings is 6. The van der Waals surface area contributed by atoms with Gasteiger partial charge in [-0.3, -0.25) is 9.59 Å². The summed E-state index contributed by atoms with van der Waals surface area (Å²) < 4.78 is 47.4. The van der Waals surface area contributed by atoms with Gasteiger partial charge in [0.1, 0.15) is 36.3 Å². The molecule has 2 saturated carbocycles. The zero-order valence-corrected chi connectivity index (χ0v) is 42.2. The number of carboxylic acid groups (broad SMARTS) is 1. The lowest BCUT2D eigenvalue weighted by Gasteiger charge is -2.24. The molecule has 4 aliphatic rings. The number of carboxylic acids is 1. The molecule has 0 aromatic heterocycles. The molecule has 70 heavy (non-hydrogen) atoms. The fraction of sp³-hybridized carbons (Fsp3) is 0.387. The molecule has 0 radical (unpaired) electrons. The lowest BCUT2D eigenvalue weighted by Crippen LogP contribution is -2.15. The van der Waals surface area contributed by atoms with Gasteiger partial charge in [0.2, 0.25) is 0 Å². The van der Waals surface area contributed by atoms with E-state index in [2.05, 4.69) is 84.0 Å². The summed E-state index contributed by atoms with van der Waals surface area (Å²) in [5, 5.41) is 9.50. The monoisotopic (exact) mass is 944 g/mol. The quantitative estimate of drug-likeness (QED) is 0.130. The number of esters is 1. The van der Waals surface area contributed by atoms with E-state index in [0.29, 0.717) is 30.9 Å². The number of carbonyl (C=O) groups excluding carboxylic acids is 1. The first-order valence-electron chi connectivity index (χ1n) is 24.9. The number of fused-ring (bicyclic) bond motifs is 4. The first-order chi connectivity index (χ1) is 33.2. The normalized spacial score (nSPS) is 20.6. The van der Waals surface area contributed by atoms with Crippen molar-refractivity contribution < 1.29 is 37.7 Å². The van der Waals surface area contributed by atoms with E-state index in [9.17, 15) is 23.5 Å². The van der Waals surface area contributed by atoms with E-state index in [4.69, 9.17) is 14.2 Å². The molecule has 8 heteroatoms. The highest BCUT2D eigenvalue weighted by Crippen LogP contribution is 2.63. The Balaban J connectivity index is 0.000000174. The molecule has 6 nitrogen and oxygen atoms in total. The molecule has 0 saturated heterocycles. The van der Waals surface area contributed by atoms with Crippen molar-refractivity contribution in [1.29, 1.82) is 0 Å². The molecule has 2 spiro atoms. The summed E-state index contributed by atoms with van der Waals surface area (Å²) >= 11 is 0. The average molecular weight is 945 g/mol. The summed E-state index contributed by atoms with van der Waals surface area (Å²) in [5.41, 5.74) is 13.6. The van der Waals surface area contributed by atoms with Gasteiger partial charge >= 0.3 is 11.9 Å². The predicted octanol–water partition coefficient (Wildman–Crippen LogP) is 14.4. The Kier molecular flexibility index (Phi) is 12.9. The second-order valence-corrected chi connectivity index (χ2v) is 22.4. The van der Waals surface area contributed by atoms with Gasteiger partial charge in [-0.05, 0) is 186 Å². The van der Waals surface area contributed by atoms with Crippen molar-refractivity contribution in [1.82, 2.24) is 0 Å². The van der Waals surface area contributed by atoms with Crippen LogP contribution in [-0.2, 0) is 62.0 Å². The Morgan fingerprint density at radius 3 is 1.44 bits per heavy atom. The Labute approximate surface area is 412 Å². The highest BCUT2D eigenvalue weighted by atomic mass is 19.1. The smallest absolute Gasteiger partial charge is 0.309 e. The minimum absolute atomic E-state index is 0.0364. The standard InChI is InChI=1S/C32H35FO3.C30H31FO3/c1-6-35-30(34)28-18-32(28)14-13-22-9-10-23(17-27(22)32)36-19-21-8-11-26(31(3,4)5)24(16-21)25-15-20(2)7-12-29(25)33;1-18-5-10-27(31)23(13-18)22-14-19(6-9-24(22)29(2,3)4)17-34-21-8-7-20-11-12-30(25(20)15-21)16-26(30)28(32)33/h7-12,15-17,28H,6,13-14,18-19H2,1-5H3;5-10,13-15,26H,11-12,16-17H2,1-4H3,(H,32,33)/t28-,32-;26-,30-/m11/s1. The topological polar surface area (TPSA) is 82.1 Å². The highest BCUT2D eigenvalue weighted by molar-refractivity contribution is 5.80. The molecule has 4 aliphatic carbocycles. The number of aryl methyl sites for hydroxylation is 4. The van der Waals surface area contributed by atoms with Gasteiger partial charge in [0, 0.05) is 22.0 Å². The SMILES string of the molecule is CCOC(=O)[C@H]1C[C@@]12CCc1ccc(OCc3ccc(C(C)(C)C)c(-c4cc(C)ccc4F)c3)cc12.Cc1ccc(F)c(-c2cc(COc3ccc4c(c3)[C@@]3(CC4)C[C@@H]3C(=O)O)ccc2C(C)(C)C)c1. The predicted molar refractivity (Wildman–Crippen MR) is 273 cm³/mol. The molecule has 6 aromatic carbocycles. The summed E-state index contributed by atoms with van der Waals surface area (Å²) in [4.78, 5) is 23.9. The van der Waals surface area contributed by atoms with Crippen molar-refractivity contribution in [2.24, 2.45) is 11.8 Å². The third-order valence-corrected chi connectivity index (χ3v) is 15.4. The third kappa shape index (κ3) is 9.51. The van der Waals surface area contributed by atoms with Crippen LogP contribution in [0.3, 0.4) is 0 Å². The maximum absolute atomic E-state index is 14.9. The molecular formula is C62H66F2O6. The van der Waals surface area contributed by atoms with Crippen LogP contribution in [0.2, 0.25) is 0 Å². The average Bonchev–Trinajstić information content (AvgIpc) is 4.17. The van der Waals surface area contributed by atoms with Gasteiger partial charge in [0.25, 0.3) is 0 Å². The number of aliphatic carboxylic acids is 1. The Morgan fingerprint density at radius 1 is 0.586 bits per heavy atom. The molecular weight excluding hydrogens is 879 g/mol. The van der Waals surface area contributed by atoms with E-state index < -0.39 is 5.97 Å². The first-order valence-corrected chi connectivity index (χ1v) is 24.9. The van der Waals surface area contributed by atoms with Gasteiger partial charge in [0.05, 0.1) is 18.4 Å². The number of hydrogen-bond donors (Lipinski definition) is 1. The summed E-state index contributed by atoms with van der Waals surface area (Å²) in [5.74, 6) is 0.0168. The van der Waals surface area contributed by atoms with Crippen LogP contribution in [0.5, 0.6) is 11.5 Å². The van der Waals surface area contributed by atoms with Crippen LogP contribution in [0.25, 0.3) is 22.3 Å². The Bertz CT molecular complexity index is 3010. The van der Waals surface area contributed by atoms with Crippen molar-refractivity contribution in [3.63, 3.8) is 0 Å². The van der Waals surface area contributed by atoms with Crippen molar-refractivity contribution in [3.8, 4) is 33.8 Å². The van der Waals surface area contributed by atoms with Crippen LogP contribution in [0.4, 0.5) is 8.78 Å². The van der Waals surface area contributed by atoms with E-state index in [1.165, 1.54) is 22.8 Å². The fourth-order valence-electron chi connectivity index (χ4n) is 11.4. The van der Waals surface area contributed by atoms with Crippen LogP contribution in [-0.4, -0.2) is 23.7 Å². The van der Waals surface area contributed by atoms with E-state index in [1.807, 2.05) is 63.2 Å². The third-order valence-electron chi connectivity index (χ3n) is 15.4. The molecule has 6 aromatic rings. The zero-order valence-electron chi connectivity index (χ0n) is 42.2. The maximum atomic E-state index is 14.9. The number of rotatable bonds is 11. The minimum Gasteiger partial charge on any atom is -0.489 e. The number of hydrogen-bond acceptors (Lipinski definition) is 5. The molecule has 0 bridgehead atoms. The van der Waals surface area contributed by atoms with E-state index >= 15 is 0 Å². The molecule has 0 unspecified atom stereocenters. The molecule has 4 atom stereocenters. The molecule has 0 aliphatic heterocycles. The highest BCUT2D eigenvalue weighted by Gasteiger charge is 2.63. The van der Waals surface area contributed by atoms with Crippen molar-refractivity contribution >= 4 is 11.9 Å². The van der Waals surface area contributed by atoms with Crippen LogP contribution in [0, 0.1) is 37.3 Å². The Morgan fingerprint density at radius 2 is 1.03 bits per heavy atom. The van der Waals surface area contributed by atoms with Crippen LogP contribution >= 0.6 is 0 Å². The summed E-state index contributed by atoms with van der Waals surface area (Å²) in [6, 6.07) is 35.2.